The van der Waals surface area contributed by atoms with Crippen molar-refractivity contribution in [1.29, 1.82) is 0 Å². The first kappa shape index (κ1) is 15.4. The van der Waals surface area contributed by atoms with Crippen LogP contribution >= 0.6 is 0 Å². The lowest BCUT2D eigenvalue weighted by atomic mass is 10.2. The molecule has 1 heterocycles. The number of ether oxygens (including phenoxy) is 1. The van der Waals surface area contributed by atoms with Crippen LogP contribution in [0.25, 0.3) is 0 Å². The van der Waals surface area contributed by atoms with Gasteiger partial charge in [0.25, 0.3) is 0 Å². The summed E-state index contributed by atoms with van der Waals surface area (Å²) >= 11 is 0. The van der Waals surface area contributed by atoms with Crippen LogP contribution in [-0.2, 0) is 14.8 Å². The van der Waals surface area contributed by atoms with Crippen molar-refractivity contribution in [3.63, 3.8) is 0 Å². The van der Waals surface area contributed by atoms with Crippen LogP contribution in [0.5, 0.6) is 0 Å². The molecule has 1 fully saturated rings. The third-order valence-electron chi connectivity index (χ3n) is 3.28. The molecule has 2 rings (SSSR count). The molecule has 0 aliphatic carbocycles. The fraction of sp³-hybridized carbons (Fsp3) is 0.571. The zero-order chi connectivity index (χ0) is 14.6. The van der Waals surface area contributed by atoms with Gasteiger partial charge in [-0.2, -0.15) is 0 Å². The predicted molar refractivity (Wildman–Crippen MR) is 78.3 cm³/mol. The molecule has 0 aromatic heterocycles. The molecule has 1 aromatic carbocycles. The van der Waals surface area contributed by atoms with Crippen molar-refractivity contribution in [3.8, 4) is 0 Å². The number of rotatable bonds is 4. The highest BCUT2D eigenvalue weighted by Crippen LogP contribution is 2.14. The Bertz CT molecular complexity index is 529. The standard InChI is InChI=1S/C14H22N2O3S/c1-11-5-12(2)7-14(6-11)20(17,18)16-9-13-8-15-3-4-19-10-13/h5-7,13,15-16H,3-4,8-10H2,1-2H3/t13-/m0/s1. The molecule has 5 nitrogen and oxygen atoms in total. The molecule has 20 heavy (non-hydrogen) atoms. The minimum absolute atomic E-state index is 0.165. The van der Waals surface area contributed by atoms with E-state index in [1.54, 1.807) is 12.1 Å². The SMILES string of the molecule is Cc1cc(C)cc(S(=O)(=O)NC[C@@H]2CNCCOC2)c1. The molecular weight excluding hydrogens is 276 g/mol. The van der Waals surface area contributed by atoms with Gasteiger partial charge in [0.15, 0.2) is 0 Å². The summed E-state index contributed by atoms with van der Waals surface area (Å²) in [4.78, 5) is 0.331. The number of nitrogens with one attached hydrogen (secondary N) is 2. The lowest BCUT2D eigenvalue weighted by molar-refractivity contribution is 0.124. The lowest BCUT2D eigenvalue weighted by Gasteiger charge is -2.15. The molecule has 0 saturated carbocycles. The van der Waals surface area contributed by atoms with Crippen LogP contribution in [0.15, 0.2) is 23.1 Å². The molecule has 1 aliphatic rings. The van der Waals surface area contributed by atoms with E-state index in [-0.39, 0.29) is 5.92 Å². The van der Waals surface area contributed by atoms with Gasteiger partial charge in [-0.25, -0.2) is 13.1 Å². The first-order chi connectivity index (χ1) is 9.47. The highest BCUT2D eigenvalue weighted by Gasteiger charge is 2.18. The fourth-order valence-corrected chi connectivity index (χ4v) is 3.59. The highest BCUT2D eigenvalue weighted by atomic mass is 32.2. The van der Waals surface area contributed by atoms with Crippen molar-refractivity contribution in [2.75, 3.05) is 32.8 Å². The Kier molecular flexibility index (Phi) is 5.15. The summed E-state index contributed by atoms with van der Waals surface area (Å²) in [5.74, 6) is 0.165. The molecular formula is C14H22N2O3S. The maximum Gasteiger partial charge on any atom is 0.240 e. The van der Waals surface area contributed by atoms with Gasteiger partial charge in [-0.1, -0.05) is 6.07 Å². The van der Waals surface area contributed by atoms with Crippen LogP contribution < -0.4 is 10.0 Å². The van der Waals surface area contributed by atoms with E-state index in [0.29, 0.717) is 24.7 Å². The average Bonchev–Trinajstić information content (AvgIpc) is 2.64. The van der Waals surface area contributed by atoms with Gasteiger partial charge < -0.3 is 10.1 Å². The van der Waals surface area contributed by atoms with Gasteiger partial charge in [-0.05, 0) is 37.1 Å². The van der Waals surface area contributed by atoms with Gasteiger partial charge in [0, 0.05) is 25.6 Å². The van der Waals surface area contributed by atoms with Crippen LogP contribution in [0.4, 0.5) is 0 Å². The van der Waals surface area contributed by atoms with Gasteiger partial charge in [0.2, 0.25) is 10.0 Å². The monoisotopic (exact) mass is 298 g/mol. The number of sulfonamides is 1. The predicted octanol–water partition coefficient (Wildman–Crippen LogP) is 0.818. The molecule has 0 amide bonds. The van der Waals surface area contributed by atoms with Crippen molar-refractivity contribution in [2.45, 2.75) is 18.7 Å². The minimum Gasteiger partial charge on any atom is -0.380 e. The molecule has 0 bridgehead atoms. The number of hydrogen-bond acceptors (Lipinski definition) is 4. The van der Waals surface area contributed by atoms with Gasteiger partial charge in [-0.15, -0.1) is 0 Å². The summed E-state index contributed by atoms with van der Waals surface area (Å²) in [7, 11) is -3.45. The largest absolute Gasteiger partial charge is 0.380 e. The highest BCUT2D eigenvalue weighted by molar-refractivity contribution is 7.89. The van der Waals surface area contributed by atoms with Crippen LogP contribution in [-0.4, -0.2) is 41.3 Å². The van der Waals surface area contributed by atoms with E-state index in [1.807, 2.05) is 19.9 Å². The maximum atomic E-state index is 12.3. The van der Waals surface area contributed by atoms with Gasteiger partial charge in [-0.3, -0.25) is 0 Å². The minimum atomic E-state index is -3.45. The molecule has 2 N–H and O–H groups in total. The van der Waals surface area contributed by atoms with E-state index < -0.39 is 10.0 Å². The zero-order valence-electron chi connectivity index (χ0n) is 12.0. The van der Waals surface area contributed by atoms with E-state index in [4.69, 9.17) is 4.74 Å². The van der Waals surface area contributed by atoms with Crippen LogP contribution in [0.3, 0.4) is 0 Å². The second kappa shape index (κ2) is 6.67. The zero-order valence-corrected chi connectivity index (χ0v) is 12.8. The Balaban J connectivity index is 2.03. The van der Waals surface area contributed by atoms with Gasteiger partial charge in [0.05, 0.1) is 18.1 Å². The summed E-state index contributed by atoms with van der Waals surface area (Å²) in [6.45, 7) is 7.05. The third-order valence-corrected chi connectivity index (χ3v) is 4.68. The number of hydrogen-bond donors (Lipinski definition) is 2. The molecule has 1 atom stereocenters. The Morgan fingerprint density at radius 1 is 1.30 bits per heavy atom. The molecule has 0 radical (unpaired) electrons. The topological polar surface area (TPSA) is 67.4 Å². The Labute approximate surface area is 120 Å². The van der Waals surface area contributed by atoms with Crippen LogP contribution in [0.1, 0.15) is 11.1 Å². The second-order valence-corrected chi connectivity index (χ2v) is 7.09. The molecule has 1 aliphatic heterocycles. The molecule has 1 saturated heterocycles. The van der Waals surface area contributed by atoms with E-state index in [9.17, 15) is 8.42 Å². The van der Waals surface area contributed by atoms with Crippen LogP contribution in [0, 0.1) is 19.8 Å². The average molecular weight is 298 g/mol. The summed E-state index contributed by atoms with van der Waals surface area (Å²) in [6, 6.07) is 5.34. The van der Waals surface area contributed by atoms with E-state index >= 15 is 0 Å². The molecule has 6 heteroatoms. The van der Waals surface area contributed by atoms with Gasteiger partial charge >= 0.3 is 0 Å². The Hall–Kier alpha value is -0.950. The van der Waals surface area contributed by atoms with Crippen molar-refractivity contribution >= 4 is 10.0 Å². The fourth-order valence-electron chi connectivity index (χ4n) is 2.29. The first-order valence-corrected chi connectivity index (χ1v) is 8.32. The van der Waals surface area contributed by atoms with Crippen molar-refractivity contribution in [3.05, 3.63) is 29.3 Å². The number of aryl methyl sites for hydroxylation is 2. The van der Waals surface area contributed by atoms with Crippen molar-refractivity contribution in [1.82, 2.24) is 10.0 Å². The summed E-state index contributed by atoms with van der Waals surface area (Å²) in [5, 5.41) is 3.23. The van der Waals surface area contributed by atoms with E-state index in [2.05, 4.69) is 10.0 Å². The molecule has 1 aromatic rings. The smallest absolute Gasteiger partial charge is 0.240 e. The Morgan fingerprint density at radius 3 is 2.70 bits per heavy atom. The summed E-state index contributed by atoms with van der Waals surface area (Å²) < 4.78 is 32.7. The van der Waals surface area contributed by atoms with E-state index in [1.165, 1.54) is 0 Å². The molecule has 0 spiro atoms. The molecule has 0 unspecified atom stereocenters. The maximum absolute atomic E-state index is 12.3. The summed E-state index contributed by atoms with van der Waals surface area (Å²) in [5.41, 5.74) is 1.90. The van der Waals surface area contributed by atoms with Crippen molar-refractivity contribution < 1.29 is 13.2 Å². The van der Waals surface area contributed by atoms with Crippen molar-refractivity contribution in [2.24, 2.45) is 5.92 Å². The van der Waals surface area contributed by atoms with E-state index in [0.717, 1.165) is 24.2 Å². The first-order valence-electron chi connectivity index (χ1n) is 6.84. The third kappa shape index (κ3) is 4.28. The van der Waals surface area contributed by atoms with Crippen LogP contribution in [0.2, 0.25) is 0 Å². The quantitative estimate of drug-likeness (QED) is 0.863. The Morgan fingerprint density at radius 2 is 2.00 bits per heavy atom. The number of benzene rings is 1. The lowest BCUT2D eigenvalue weighted by Crippen LogP contribution is -2.35. The second-order valence-electron chi connectivity index (χ2n) is 5.32. The normalized spacial score (nSPS) is 20.6. The summed E-state index contributed by atoms with van der Waals surface area (Å²) in [6.07, 6.45) is 0. The molecule has 112 valence electrons. The van der Waals surface area contributed by atoms with Gasteiger partial charge in [0.1, 0.15) is 0 Å².